The number of amides is 1. The summed E-state index contributed by atoms with van der Waals surface area (Å²) in [5.74, 6) is -0.0979. The minimum absolute atomic E-state index is 0.329. The summed E-state index contributed by atoms with van der Waals surface area (Å²) in [6.45, 7) is 2.05. The van der Waals surface area contributed by atoms with Crippen molar-refractivity contribution in [2.45, 2.75) is 31.7 Å². The molecule has 2 N–H and O–H groups in total. The van der Waals surface area contributed by atoms with Gasteiger partial charge in [-0.05, 0) is 25.0 Å². The van der Waals surface area contributed by atoms with Gasteiger partial charge in [-0.25, -0.2) is 9.78 Å². The van der Waals surface area contributed by atoms with Crippen LogP contribution >= 0.6 is 23.1 Å². The molecule has 1 aromatic rings. The molecule has 1 saturated heterocycles. The standard InChI is InChI=1S/C12H16N2O3S2/c1-2-3-9-13-6-8(19-9)10(15)14-12(11(16)17)4-5-18-7-12/h6H,2-5,7H2,1H3,(H,14,15)(H,16,17). The molecule has 5 nitrogen and oxygen atoms in total. The predicted octanol–water partition coefficient (Wildman–Crippen LogP) is 1.79. The normalized spacial score (nSPS) is 22.4. The third kappa shape index (κ3) is 3.09. The summed E-state index contributed by atoms with van der Waals surface area (Å²) in [6, 6.07) is 0. The number of nitrogens with one attached hydrogen (secondary N) is 1. The van der Waals surface area contributed by atoms with Crippen molar-refractivity contribution >= 4 is 35.0 Å². The van der Waals surface area contributed by atoms with Crippen molar-refractivity contribution < 1.29 is 14.7 Å². The van der Waals surface area contributed by atoms with E-state index in [1.54, 1.807) is 11.8 Å². The van der Waals surface area contributed by atoms with E-state index in [0.29, 0.717) is 17.1 Å². The number of aliphatic carboxylic acids is 1. The Morgan fingerprint density at radius 2 is 2.37 bits per heavy atom. The first-order valence-corrected chi connectivity index (χ1v) is 8.13. The molecule has 1 amide bonds. The number of nitrogens with zero attached hydrogens (tertiary/aromatic N) is 1. The zero-order valence-corrected chi connectivity index (χ0v) is 12.3. The van der Waals surface area contributed by atoms with Crippen LogP contribution in [0.2, 0.25) is 0 Å². The minimum atomic E-state index is -1.11. The van der Waals surface area contributed by atoms with Gasteiger partial charge in [0, 0.05) is 5.75 Å². The van der Waals surface area contributed by atoms with Crippen molar-refractivity contribution in [3.8, 4) is 0 Å². The zero-order valence-electron chi connectivity index (χ0n) is 10.6. The van der Waals surface area contributed by atoms with E-state index in [9.17, 15) is 14.7 Å². The lowest BCUT2D eigenvalue weighted by molar-refractivity contribution is -0.143. The lowest BCUT2D eigenvalue weighted by atomic mass is 9.99. The minimum Gasteiger partial charge on any atom is -0.479 e. The first-order valence-electron chi connectivity index (χ1n) is 6.16. The zero-order chi connectivity index (χ0) is 13.9. The molecule has 1 unspecified atom stereocenters. The maximum absolute atomic E-state index is 12.1. The molecule has 1 aromatic heterocycles. The highest BCUT2D eigenvalue weighted by molar-refractivity contribution is 7.99. The summed E-state index contributed by atoms with van der Waals surface area (Å²) in [5.41, 5.74) is -1.11. The van der Waals surface area contributed by atoms with Gasteiger partial charge in [0.1, 0.15) is 10.4 Å². The highest BCUT2D eigenvalue weighted by Gasteiger charge is 2.43. The van der Waals surface area contributed by atoms with Gasteiger partial charge in [0.15, 0.2) is 0 Å². The Morgan fingerprint density at radius 1 is 1.58 bits per heavy atom. The van der Waals surface area contributed by atoms with E-state index in [1.165, 1.54) is 17.5 Å². The van der Waals surface area contributed by atoms with Crippen molar-refractivity contribution in [2.75, 3.05) is 11.5 Å². The highest BCUT2D eigenvalue weighted by atomic mass is 32.2. The number of rotatable bonds is 5. The lowest BCUT2D eigenvalue weighted by Gasteiger charge is -2.23. The van der Waals surface area contributed by atoms with Gasteiger partial charge in [-0.1, -0.05) is 6.92 Å². The van der Waals surface area contributed by atoms with Crippen LogP contribution in [-0.2, 0) is 11.2 Å². The fraction of sp³-hybridized carbons (Fsp3) is 0.583. The molecule has 0 bridgehead atoms. The van der Waals surface area contributed by atoms with Crippen molar-refractivity contribution in [1.82, 2.24) is 10.3 Å². The van der Waals surface area contributed by atoms with Gasteiger partial charge in [0.05, 0.1) is 11.2 Å². The fourth-order valence-corrected chi connectivity index (χ4v) is 4.15. The van der Waals surface area contributed by atoms with Crippen LogP contribution in [0, 0.1) is 0 Å². The Balaban J connectivity index is 2.08. The molecule has 1 aliphatic heterocycles. The summed E-state index contributed by atoms with van der Waals surface area (Å²) in [5, 5.41) is 12.9. The topological polar surface area (TPSA) is 79.3 Å². The van der Waals surface area contributed by atoms with E-state index in [2.05, 4.69) is 17.2 Å². The second-order valence-electron chi connectivity index (χ2n) is 4.51. The molecule has 0 saturated carbocycles. The van der Waals surface area contributed by atoms with E-state index in [1.807, 2.05) is 0 Å². The van der Waals surface area contributed by atoms with Crippen LogP contribution in [0.3, 0.4) is 0 Å². The maximum atomic E-state index is 12.1. The molecule has 0 aliphatic carbocycles. The van der Waals surface area contributed by atoms with Crippen LogP contribution in [0.5, 0.6) is 0 Å². The summed E-state index contributed by atoms with van der Waals surface area (Å²) in [6.07, 6.45) is 3.82. The van der Waals surface area contributed by atoms with Crippen LogP contribution in [0.25, 0.3) is 0 Å². The van der Waals surface area contributed by atoms with Gasteiger partial charge in [0.25, 0.3) is 5.91 Å². The number of carboxylic acids is 1. The largest absolute Gasteiger partial charge is 0.479 e. The number of carbonyl (C=O) groups is 2. The second kappa shape index (κ2) is 5.92. The van der Waals surface area contributed by atoms with Gasteiger partial charge < -0.3 is 10.4 Å². The second-order valence-corrected chi connectivity index (χ2v) is 6.73. The summed E-state index contributed by atoms with van der Waals surface area (Å²) in [7, 11) is 0. The molecular weight excluding hydrogens is 284 g/mol. The molecule has 0 radical (unpaired) electrons. The number of carboxylic acid groups (broad SMARTS) is 1. The van der Waals surface area contributed by atoms with E-state index in [0.717, 1.165) is 23.6 Å². The highest BCUT2D eigenvalue weighted by Crippen LogP contribution is 2.29. The van der Waals surface area contributed by atoms with Gasteiger partial charge in [-0.2, -0.15) is 11.8 Å². The number of aromatic nitrogens is 1. The molecule has 1 atom stereocenters. The molecule has 2 heterocycles. The average molecular weight is 300 g/mol. The van der Waals surface area contributed by atoms with E-state index >= 15 is 0 Å². The monoisotopic (exact) mass is 300 g/mol. The van der Waals surface area contributed by atoms with Crippen molar-refractivity contribution in [3.63, 3.8) is 0 Å². The lowest BCUT2D eigenvalue weighted by Crippen LogP contribution is -2.54. The molecular formula is C12H16N2O3S2. The van der Waals surface area contributed by atoms with Gasteiger partial charge in [-0.3, -0.25) is 4.79 Å². The van der Waals surface area contributed by atoms with Crippen molar-refractivity contribution in [1.29, 1.82) is 0 Å². The number of carbonyl (C=O) groups excluding carboxylic acids is 1. The number of hydrogen-bond acceptors (Lipinski definition) is 5. The van der Waals surface area contributed by atoms with Crippen molar-refractivity contribution in [2.24, 2.45) is 0 Å². The van der Waals surface area contributed by atoms with Crippen molar-refractivity contribution in [3.05, 3.63) is 16.1 Å². The van der Waals surface area contributed by atoms with E-state index in [4.69, 9.17) is 0 Å². The first kappa shape index (κ1) is 14.3. The number of hydrogen-bond donors (Lipinski definition) is 2. The third-order valence-electron chi connectivity index (χ3n) is 3.03. The molecule has 1 aliphatic rings. The Morgan fingerprint density at radius 3 is 2.95 bits per heavy atom. The Kier molecular flexibility index (Phi) is 4.46. The van der Waals surface area contributed by atoms with Crippen LogP contribution in [0.15, 0.2) is 6.20 Å². The Hall–Kier alpha value is -1.08. The van der Waals surface area contributed by atoms with Gasteiger partial charge >= 0.3 is 5.97 Å². The third-order valence-corrected chi connectivity index (χ3v) is 5.27. The maximum Gasteiger partial charge on any atom is 0.330 e. The Labute approximate surface area is 119 Å². The molecule has 7 heteroatoms. The van der Waals surface area contributed by atoms with Gasteiger partial charge in [0.2, 0.25) is 0 Å². The Bertz CT molecular complexity index is 481. The van der Waals surface area contributed by atoms with Gasteiger partial charge in [-0.15, -0.1) is 11.3 Å². The molecule has 1 fully saturated rings. The number of thioether (sulfide) groups is 1. The molecule has 0 spiro atoms. The van der Waals surface area contributed by atoms with Crippen LogP contribution in [0.4, 0.5) is 0 Å². The predicted molar refractivity (Wildman–Crippen MR) is 75.9 cm³/mol. The molecule has 2 rings (SSSR count). The SMILES string of the molecule is CCCc1ncc(C(=O)NC2(C(=O)O)CCSC2)s1. The summed E-state index contributed by atoms with van der Waals surface area (Å²) >= 11 is 2.89. The van der Waals surface area contributed by atoms with E-state index < -0.39 is 11.5 Å². The number of aryl methyl sites for hydroxylation is 1. The summed E-state index contributed by atoms with van der Waals surface area (Å²) < 4.78 is 0. The average Bonchev–Trinajstić information content (AvgIpc) is 2.99. The van der Waals surface area contributed by atoms with Crippen LogP contribution in [0.1, 0.15) is 34.4 Å². The number of thiazole rings is 1. The smallest absolute Gasteiger partial charge is 0.330 e. The van der Waals surface area contributed by atoms with Crippen LogP contribution in [-0.4, -0.2) is 39.0 Å². The first-order chi connectivity index (χ1) is 9.07. The molecule has 104 valence electrons. The molecule has 19 heavy (non-hydrogen) atoms. The molecule has 0 aromatic carbocycles. The quantitative estimate of drug-likeness (QED) is 0.866. The summed E-state index contributed by atoms with van der Waals surface area (Å²) in [4.78, 5) is 28.1. The van der Waals surface area contributed by atoms with Crippen LogP contribution < -0.4 is 5.32 Å². The fourth-order valence-electron chi connectivity index (χ4n) is 1.91. The van der Waals surface area contributed by atoms with E-state index in [-0.39, 0.29) is 5.91 Å².